The van der Waals surface area contributed by atoms with E-state index in [4.69, 9.17) is 0 Å². The average Bonchev–Trinajstić information content (AvgIpc) is 2.46. The lowest BCUT2D eigenvalue weighted by Crippen LogP contribution is -2.44. The van der Waals surface area contributed by atoms with E-state index in [1.54, 1.807) is 0 Å². The Morgan fingerprint density at radius 3 is 2.00 bits per heavy atom. The van der Waals surface area contributed by atoms with Gasteiger partial charge in [-0.15, -0.1) is 0 Å². The molecule has 0 aromatic heterocycles. The number of nitrogens with zero attached hydrogens (tertiary/aromatic N) is 1. The first-order valence-electron chi connectivity index (χ1n) is 8.19. The van der Waals surface area contributed by atoms with Crippen LogP contribution in [0.4, 0.5) is 0 Å². The fourth-order valence-electron chi connectivity index (χ4n) is 3.75. The molecule has 0 bridgehead atoms. The Balaban J connectivity index is 2.01. The summed E-state index contributed by atoms with van der Waals surface area (Å²) in [4.78, 5) is 0. The minimum absolute atomic E-state index is 0.259. The van der Waals surface area contributed by atoms with Crippen LogP contribution in [0.5, 0.6) is 0 Å². The number of hydrogen-bond acceptors (Lipinski definition) is 2. The van der Waals surface area contributed by atoms with Crippen molar-refractivity contribution >= 4 is 26.0 Å². The highest BCUT2D eigenvalue weighted by atomic mass is 79.9. The van der Waals surface area contributed by atoms with E-state index >= 15 is 0 Å². The van der Waals surface area contributed by atoms with E-state index in [-0.39, 0.29) is 6.04 Å². The van der Waals surface area contributed by atoms with Crippen LogP contribution in [-0.2, 0) is 10.0 Å². The van der Waals surface area contributed by atoms with E-state index in [1.165, 1.54) is 38.5 Å². The van der Waals surface area contributed by atoms with Gasteiger partial charge in [0.25, 0.3) is 0 Å². The molecule has 5 heteroatoms. The van der Waals surface area contributed by atoms with Crippen molar-refractivity contribution in [3.8, 4) is 0 Å². The molecular weight excluding hydrogens is 338 g/mol. The molecule has 0 heterocycles. The second-order valence-electron chi connectivity index (χ2n) is 6.37. The molecule has 0 aromatic rings. The summed E-state index contributed by atoms with van der Waals surface area (Å²) >= 11 is 3.43. The maximum Gasteiger partial charge on any atom is 0.214 e. The molecular formula is C15H28BrNO2S. The van der Waals surface area contributed by atoms with Crippen molar-refractivity contribution in [2.24, 2.45) is 5.92 Å². The van der Waals surface area contributed by atoms with Gasteiger partial charge in [-0.2, -0.15) is 4.31 Å². The number of sulfonamides is 1. The molecule has 0 unspecified atom stereocenters. The zero-order valence-corrected chi connectivity index (χ0v) is 14.8. The minimum Gasteiger partial charge on any atom is -0.212 e. The van der Waals surface area contributed by atoms with Crippen molar-refractivity contribution in [2.45, 2.75) is 70.3 Å². The van der Waals surface area contributed by atoms with Gasteiger partial charge in [-0.05, 0) is 31.6 Å². The van der Waals surface area contributed by atoms with Crippen LogP contribution in [0, 0.1) is 5.92 Å². The SMILES string of the molecule is O=S(=O)(CC1CCCCC1)N(CCBr)C1CCCCC1. The third kappa shape index (κ3) is 4.70. The molecule has 2 fully saturated rings. The predicted molar refractivity (Wildman–Crippen MR) is 87.7 cm³/mol. The summed E-state index contributed by atoms with van der Waals surface area (Å²) in [5.74, 6) is 0.784. The number of rotatable bonds is 6. The first kappa shape index (κ1) is 16.8. The molecule has 0 radical (unpaired) electrons. The molecule has 0 N–H and O–H groups in total. The second-order valence-corrected chi connectivity index (χ2v) is 9.13. The second kappa shape index (κ2) is 8.14. The summed E-state index contributed by atoms with van der Waals surface area (Å²) in [6, 6.07) is 0.259. The minimum atomic E-state index is -3.08. The van der Waals surface area contributed by atoms with Gasteiger partial charge in [-0.3, -0.25) is 0 Å². The lowest BCUT2D eigenvalue weighted by molar-refractivity contribution is 0.259. The van der Waals surface area contributed by atoms with Gasteiger partial charge in [0.05, 0.1) is 5.75 Å². The van der Waals surface area contributed by atoms with Gasteiger partial charge in [0.15, 0.2) is 0 Å². The summed E-state index contributed by atoms with van der Waals surface area (Å²) in [5.41, 5.74) is 0. The van der Waals surface area contributed by atoms with Gasteiger partial charge in [0.1, 0.15) is 0 Å². The zero-order chi connectivity index (χ0) is 14.4. The van der Waals surface area contributed by atoms with Gasteiger partial charge < -0.3 is 0 Å². The predicted octanol–water partition coefficient (Wildman–Crippen LogP) is 3.93. The molecule has 0 aromatic carbocycles. The number of alkyl halides is 1. The summed E-state index contributed by atoms with van der Waals surface area (Å²) in [5, 5.41) is 0.743. The standard InChI is InChI=1S/C15H28BrNO2S/c16-11-12-17(15-9-5-2-6-10-15)20(18,19)13-14-7-3-1-4-8-14/h14-15H,1-13H2. The summed E-state index contributed by atoms with van der Waals surface area (Å²) in [7, 11) is -3.08. The van der Waals surface area contributed by atoms with Crippen molar-refractivity contribution in [1.82, 2.24) is 4.31 Å². The Labute approximate surface area is 132 Å². The Hall–Kier alpha value is 0.390. The topological polar surface area (TPSA) is 37.4 Å². The van der Waals surface area contributed by atoms with Crippen molar-refractivity contribution in [2.75, 3.05) is 17.6 Å². The summed E-state index contributed by atoms with van der Waals surface area (Å²) in [6.45, 7) is 0.639. The highest BCUT2D eigenvalue weighted by Crippen LogP contribution is 2.29. The van der Waals surface area contributed by atoms with Crippen molar-refractivity contribution < 1.29 is 8.42 Å². The van der Waals surface area contributed by atoms with Crippen LogP contribution in [0.3, 0.4) is 0 Å². The largest absolute Gasteiger partial charge is 0.214 e. The van der Waals surface area contributed by atoms with Gasteiger partial charge in [-0.1, -0.05) is 54.5 Å². The fourth-order valence-corrected chi connectivity index (χ4v) is 6.52. The zero-order valence-electron chi connectivity index (χ0n) is 12.4. The Morgan fingerprint density at radius 2 is 1.45 bits per heavy atom. The molecule has 20 heavy (non-hydrogen) atoms. The van der Waals surface area contributed by atoms with Gasteiger partial charge in [-0.25, -0.2) is 8.42 Å². The normalized spacial score (nSPS) is 23.3. The van der Waals surface area contributed by atoms with Gasteiger partial charge in [0.2, 0.25) is 10.0 Å². The van der Waals surface area contributed by atoms with E-state index in [0.29, 0.717) is 18.2 Å². The van der Waals surface area contributed by atoms with E-state index in [0.717, 1.165) is 31.0 Å². The monoisotopic (exact) mass is 365 g/mol. The molecule has 0 saturated heterocycles. The van der Waals surface area contributed by atoms with Crippen LogP contribution in [0.15, 0.2) is 0 Å². The van der Waals surface area contributed by atoms with Crippen LogP contribution in [0.2, 0.25) is 0 Å². The Morgan fingerprint density at radius 1 is 0.900 bits per heavy atom. The van der Waals surface area contributed by atoms with Crippen LogP contribution in [0.25, 0.3) is 0 Å². The quantitative estimate of drug-likeness (QED) is 0.668. The first-order valence-corrected chi connectivity index (χ1v) is 10.9. The first-order chi connectivity index (χ1) is 9.63. The molecule has 3 nitrogen and oxygen atoms in total. The van der Waals surface area contributed by atoms with Crippen molar-refractivity contribution in [3.05, 3.63) is 0 Å². The van der Waals surface area contributed by atoms with Crippen LogP contribution >= 0.6 is 15.9 Å². The van der Waals surface area contributed by atoms with Crippen molar-refractivity contribution in [3.63, 3.8) is 0 Å². The molecule has 2 saturated carbocycles. The number of halogens is 1. The molecule has 0 amide bonds. The highest BCUT2D eigenvalue weighted by Gasteiger charge is 2.32. The molecule has 0 aliphatic heterocycles. The maximum absolute atomic E-state index is 12.8. The van der Waals surface area contributed by atoms with E-state index in [1.807, 2.05) is 4.31 Å². The molecule has 0 atom stereocenters. The number of hydrogen-bond donors (Lipinski definition) is 0. The van der Waals surface area contributed by atoms with Crippen LogP contribution in [-0.4, -0.2) is 36.4 Å². The smallest absolute Gasteiger partial charge is 0.212 e. The lowest BCUT2D eigenvalue weighted by atomic mass is 9.91. The molecule has 2 rings (SSSR count). The summed E-state index contributed by atoms with van der Waals surface area (Å²) < 4.78 is 27.4. The lowest BCUT2D eigenvalue weighted by Gasteiger charge is -2.34. The molecule has 2 aliphatic carbocycles. The third-order valence-corrected chi connectivity index (χ3v) is 7.26. The van der Waals surface area contributed by atoms with E-state index in [9.17, 15) is 8.42 Å². The fraction of sp³-hybridized carbons (Fsp3) is 1.00. The molecule has 2 aliphatic rings. The van der Waals surface area contributed by atoms with Crippen LogP contribution < -0.4 is 0 Å². The van der Waals surface area contributed by atoms with Crippen LogP contribution in [0.1, 0.15) is 64.2 Å². The maximum atomic E-state index is 12.8. The Kier molecular flexibility index (Phi) is 6.82. The van der Waals surface area contributed by atoms with Gasteiger partial charge >= 0.3 is 0 Å². The molecule has 0 spiro atoms. The Bertz CT molecular complexity index is 373. The summed E-state index contributed by atoms with van der Waals surface area (Å²) in [6.07, 6.45) is 11.6. The van der Waals surface area contributed by atoms with E-state index < -0.39 is 10.0 Å². The third-order valence-electron chi connectivity index (χ3n) is 4.82. The molecule has 118 valence electrons. The highest BCUT2D eigenvalue weighted by molar-refractivity contribution is 9.09. The van der Waals surface area contributed by atoms with Crippen molar-refractivity contribution in [1.29, 1.82) is 0 Å². The van der Waals surface area contributed by atoms with Gasteiger partial charge in [0, 0.05) is 17.9 Å². The average molecular weight is 366 g/mol. The van der Waals surface area contributed by atoms with E-state index in [2.05, 4.69) is 15.9 Å².